The maximum atomic E-state index is 10.2. The summed E-state index contributed by atoms with van der Waals surface area (Å²) in [6.07, 6.45) is -4.64. The van der Waals surface area contributed by atoms with Crippen LogP contribution in [0.1, 0.15) is 17.5 Å². The van der Waals surface area contributed by atoms with Crippen molar-refractivity contribution in [3.63, 3.8) is 0 Å². The molecule has 0 aliphatic carbocycles. The van der Waals surface area contributed by atoms with Crippen molar-refractivity contribution < 1.29 is 25.2 Å². The van der Waals surface area contributed by atoms with E-state index >= 15 is 0 Å². The van der Waals surface area contributed by atoms with Crippen LogP contribution in [0.2, 0.25) is 0 Å². The standard InChI is InChI=1S/C15H18N4O5S/c1-24-9-4-2-8(3-5-9)10-7-25-15-17-16-14(19(15)18-10)13(23)12(22)11(21)6-20/h2-5,11-13,20-23H,6-7H2,1H3/t11-,12-,13-/m1/s1. The minimum atomic E-state index is -1.61. The van der Waals surface area contributed by atoms with Gasteiger partial charge in [0, 0.05) is 5.75 Å². The number of aliphatic hydroxyl groups excluding tert-OH is 4. The molecule has 0 amide bonds. The van der Waals surface area contributed by atoms with Gasteiger partial charge in [0.15, 0.2) is 5.82 Å². The van der Waals surface area contributed by atoms with Gasteiger partial charge < -0.3 is 25.2 Å². The van der Waals surface area contributed by atoms with Crippen molar-refractivity contribution in [3.8, 4) is 5.75 Å². The first-order valence-corrected chi connectivity index (χ1v) is 8.49. The topological polar surface area (TPSA) is 133 Å². The Morgan fingerprint density at radius 1 is 1.20 bits per heavy atom. The van der Waals surface area contributed by atoms with Crippen LogP contribution in [-0.2, 0) is 0 Å². The summed E-state index contributed by atoms with van der Waals surface area (Å²) in [5.41, 5.74) is 1.62. The minimum absolute atomic E-state index is 0.00629. The number of aliphatic hydroxyl groups is 4. The molecular weight excluding hydrogens is 348 g/mol. The first kappa shape index (κ1) is 17.8. The molecule has 1 aliphatic rings. The highest BCUT2D eigenvalue weighted by Crippen LogP contribution is 2.28. The van der Waals surface area contributed by atoms with Crippen LogP contribution in [0.5, 0.6) is 5.75 Å². The predicted octanol–water partition coefficient (Wildman–Crippen LogP) is -0.608. The van der Waals surface area contributed by atoms with E-state index in [-0.39, 0.29) is 5.82 Å². The molecule has 1 aromatic carbocycles. The van der Waals surface area contributed by atoms with Gasteiger partial charge in [-0.2, -0.15) is 9.78 Å². The predicted molar refractivity (Wildman–Crippen MR) is 89.7 cm³/mol. The van der Waals surface area contributed by atoms with Gasteiger partial charge in [-0.25, -0.2) is 0 Å². The van der Waals surface area contributed by atoms with Gasteiger partial charge in [-0.05, 0) is 29.8 Å². The summed E-state index contributed by atoms with van der Waals surface area (Å²) < 4.78 is 6.47. The maximum Gasteiger partial charge on any atom is 0.212 e. The molecule has 1 aliphatic heterocycles. The molecule has 0 bridgehead atoms. The van der Waals surface area contributed by atoms with Gasteiger partial charge in [0.05, 0.1) is 19.4 Å². The zero-order valence-electron chi connectivity index (χ0n) is 13.3. The lowest BCUT2D eigenvalue weighted by Crippen LogP contribution is -2.36. The first-order valence-electron chi connectivity index (χ1n) is 7.50. The van der Waals surface area contributed by atoms with Crippen molar-refractivity contribution in [1.82, 2.24) is 14.9 Å². The molecular formula is C15H18N4O5S. The van der Waals surface area contributed by atoms with E-state index in [0.29, 0.717) is 10.9 Å². The van der Waals surface area contributed by atoms with E-state index in [2.05, 4.69) is 15.3 Å². The molecule has 25 heavy (non-hydrogen) atoms. The lowest BCUT2D eigenvalue weighted by molar-refractivity contribution is -0.0813. The fraction of sp³-hybridized carbons (Fsp3) is 0.400. The Balaban J connectivity index is 1.91. The number of hydrogen-bond acceptors (Lipinski definition) is 9. The monoisotopic (exact) mass is 366 g/mol. The molecule has 0 saturated carbocycles. The zero-order chi connectivity index (χ0) is 18.0. The van der Waals surface area contributed by atoms with Gasteiger partial charge in [-0.15, -0.1) is 10.2 Å². The van der Waals surface area contributed by atoms with Crippen LogP contribution >= 0.6 is 11.8 Å². The van der Waals surface area contributed by atoms with Gasteiger partial charge in [0.25, 0.3) is 0 Å². The van der Waals surface area contributed by atoms with Crippen LogP contribution < -0.4 is 4.74 Å². The van der Waals surface area contributed by atoms with E-state index in [1.54, 1.807) is 7.11 Å². The molecule has 3 rings (SSSR count). The number of benzene rings is 1. The number of methoxy groups -OCH3 is 1. The summed E-state index contributed by atoms with van der Waals surface area (Å²) >= 11 is 1.39. The van der Waals surface area contributed by atoms with E-state index in [1.165, 1.54) is 16.4 Å². The Bertz CT molecular complexity index is 764. The Morgan fingerprint density at radius 3 is 2.56 bits per heavy atom. The smallest absolute Gasteiger partial charge is 0.212 e. The molecule has 3 atom stereocenters. The molecule has 9 nitrogen and oxygen atoms in total. The second-order valence-corrected chi connectivity index (χ2v) is 6.34. The van der Waals surface area contributed by atoms with Crippen molar-refractivity contribution in [3.05, 3.63) is 35.7 Å². The molecule has 0 spiro atoms. The summed E-state index contributed by atoms with van der Waals surface area (Å²) in [6.45, 7) is -0.686. The average Bonchev–Trinajstić information content (AvgIpc) is 3.09. The maximum absolute atomic E-state index is 10.2. The molecule has 10 heteroatoms. The molecule has 2 aromatic rings. The number of thioether (sulfide) groups is 1. The van der Waals surface area contributed by atoms with Crippen molar-refractivity contribution in [1.29, 1.82) is 0 Å². The summed E-state index contributed by atoms with van der Waals surface area (Å²) in [5, 5.41) is 51.2. The van der Waals surface area contributed by atoms with E-state index in [0.717, 1.165) is 17.0 Å². The van der Waals surface area contributed by atoms with E-state index in [4.69, 9.17) is 9.84 Å². The Hall–Kier alpha value is -1.98. The van der Waals surface area contributed by atoms with E-state index in [9.17, 15) is 15.3 Å². The zero-order valence-corrected chi connectivity index (χ0v) is 14.2. The molecule has 4 N–H and O–H groups in total. The Kier molecular flexibility index (Phi) is 5.35. The van der Waals surface area contributed by atoms with Gasteiger partial charge in [-0.1, -0.05) is 11.8 Å². The Labute approximate surface area is 147 Å². The van der Waals surface area contributed by atoms with Crippen molar-refractivity contribution in [2.45, 2.75) is 23.5 Å². The van der Waals surface area contributed by atoms with Gasteiger partial charge in [-0.3, -0.25) is 0 Å². The van der Waals surface area contributed by atoms with Crippen LogP contribution in [0.15, 0.2) is 34.5 Å². The fourth-order valence-corrected chi connectivity index (χ4v) is 3.17. The third kappa shape index (κ3) is 3.53. The van der Waals surface area contributed by atoms with Gasteiger partial charge in [0.2, 0.25) is 5.16 Å². The highest BCUT2D eigenvalue weighted by Gasteiger charge is 2.32. The summed E-state index contributed by atoms with van der Waals surface area (Å²) in [5.74, 6) is 1.30. The quantitative estimate of drug-likeness (QED) is 0.532. The van der Waals surface area contributed by atoms with Gasteiger partial charge >= 0.3 is 0 Å². The molecule has 1 aromatic heterocycles. The highest BCUT2D eigenvalue weighted by molar-refractivity contribution is 7.99. The number of hydrogen-bond donors (Lipinski definition) is 4. The lowest BCUT2D eigenvalue weighted by atomic mass is 10.1. The molecule has 0 fully saturated rings. The average molecular weight is 366 g/mol. The summed E-state index contributed by atoms with van der Waals surface area (Å²) in [7, 11) is 1.59. The lowest BCUT2D eigenvalue weighted by Gasteiger charge is -2.21. The fourth-order valence-electron chi connectivity index (χ4n) is 2.32. The SMILES string of the molecule is COc1ccc(C2=Nn3c(nnc3[C@H](O)[C@H](O)[C@H](O)CO)SC2)cc1. The van der Waals surface area contributed by atoms with Crippen LogP contribution in [-0.4, -0.2) is 72.7 Å². The molecule has 0 saturated heterocycles. The second-order valence-electron chi connectivity index (χ2n) is 5.40. The van der Waals surface area contributed by atoms with E-state index in [1.807, 2.05) is 24.3 Å². The van der Waals surface area contributed by atoms with Crippen molar-refractivity contribution in [2.75, 3.05) is 19.5 Å². The van der Waals surface area contributed by atoms with Crippen LogP contribution in [0.4, 0.5) is 0 Å². The largest absolute Gasteiger partial charge is 0.497 e. The number of aromatic nitrogens is 3. The molecule has 134 valence electrons. The second kappa shape index (κ2) is 7.50. The molecule has 2 heterocycles. The number of nitrogens with zero attached hydrogens (tertiary/aromatic N) is 4. The minimum Gasteiger partial charge on any atom is -0.497 e. The molecule has 0 unspecified atom stereocenters. The van der Waals surface area contributed by atoms with Crippen LogP contribution in [0, 0.1) is 0 Å². The highest BCUT2D eigenvalue weighted by atomic mass is 32.2. The van der Waals surface area contributed by atoms with Crippen LogP contribution in [0.3, 0.4) is 0 Å². The number of fused-ring (bicyclic) bond motifs is 1. The van der Waals surface area contributed by atoms with Crippen molar-refractivity contribution >= 4 is 17.5 Å². The first-order chi connectivity index (χ1) is 12.0. The third-order valence-electron chi connectivity index (χ3n) is 3.79. The van der Waals surface area contributed by atoms with Crippen molar-refractivity contribution in [2.24, 2.45) is 5.10 Å². The number of ether oxygens (including phenoxy) is 1. The number of rotatable bonds is 6. The van der Waals surface area contributed by atoms with Crippen LogP contribution in [0.25, 0.3) is 0 Å². The van der Waals surface area contributed by atoms with E-state index < -0.39 is 24.9 Å². The van der Waals surface area contributed by atoms with Gasteiger partial charge in [0.1, 0.15) is 24.1 Å². The Morgan fingerprint density at radius 2 is 1.92 bits per heavy atom. The third-order valence-corrected chi connectivity index (χ3v) is 4.72. The summed E-state index contributed by atoms with van der Waals surface area (Å²) in [4.78, 5) is 0. The normalized spacial score (nSPS) is 17.4. The summed E-state index contributed by atoms with van der Waals surface area (Å²) in [6, 6.07) is 7.38. The molecule has 0 radical (unpaired) electrons.